The van der Waals surface area contributed by atoms with E-state index in [1.807, 2.05) is 13.8 Å². The van der Waals surface area contributed by atoms with Crippen LogP contribution in [0.5, 0.6) is 5.75 Å². The van der Waals surface area contributed by atoms with Crippen LogP contribution in [-0.2, 0) is 9.53 Å². The third-order valence-electron chi connectivity index (χ3n) is 3.87. The third-order valence-corrected chi connectivity index (χ3v) is 4.12. The number of rotatable bonds is 5. The predicted octanol–water partition coefficient (Wildman–Crippen LogP) is 3.04. The topological polar surface area (TPSA) is 47.6 Å². The van der Waals surface area contributed by atoms with Gasteiger partial charge in [-0.3, -0.25) is 0 Å². The lowest BCUT2D eigenvalue weighted by Gasteiger charge is -2.36. The van der Waals surface area contributed by atoms with Gasteiger partial charge in [0.25, 0.3) is 0 Å². The number of hydrogen-bond donors (Lipinski definition) is 1. The Morgan fingerprint density at radius 1 is 1.29 bits per heavy atom. The number of halogens is 1. The molecular formula is C16H22ClNO3. The number of benzene rings is 1. The van der Waals surface area contributed by atoms with Gasteiger partial charge in [0.15, 0.2) is 6.61 Å². The Morgan fingerprint density at radius 2 is 1.90 bits per heavy atom. The monoisotopic (exact) mass is 311 g/mol. The highest BCUT2D eigenvalue weighted by Crippen LogP contribution is 2.29. The fourth-order valence-electron chi connectivity index (χ4n) is 2.60. The molecule has 5 heteroatoms. The van der Waals surface area contributed by atoms with Crippen LogP contribution in [-0.4, -0.2) is 31.3 Å². The van der Waals surface area contributed by atoms with E-state index in [9.17, 15) is 4.79 Å². The summed E-state index contributed by atoms with van der Waals surface area (Å²) in [7, 11) is 0. The van der Waals surface area contributed by atoms with Crippen molar-refractivity contribution in [2.45, 2.75) is 32.3 Å². The summed E-state index contributed by atoms with van der Waals surface area (Å²) in [6, 6.07) is 6.91. The van der Waals surface area contributed by atoms with Gasteiger partial charge in [-0.25, -0.2) is 4.79 Å². The van der Waals surface area contributed by atoms with Crippen molar-refractivity contribution in [2.24, 2.45) is 5.92 Å². The summed E-state index contributed by atoms with van der Waals surface area (Å²) in [4.78, 5) is 12.0. The minimum Gasteiger partial charge on any atom is -0.482 e. The number of esters is 1. The van der Waals surface area contributed by atoms with Crippen LogP contribution in [0.15, 0.2) is 24.3 Å². The van der Waals surface area contributed by atoms with E-state index in [-0.39, 0.29) is 12.6 Å². The molecule has 1 saturated heterocycles. The van der Waals surface area contributed by atoms with Gasteiger partial charge in [0.05, 0.1) is 0 Å². The van der Waals surface area contributed by atoms with Crippen molar-refractivity contribution >= 4 is 17.6 Å². The first-order valence-corrected chi connectivity index (χ1v) is 7.66. The second-order valence-electron chi connectivity index (χ2n) is 5.84. The summed E-state index contributed by atoms with van der Waals surface area (Å²) in [6.07, 6.45) is 2.05. The molecule has 2 rings (SSSR count). The number of carbonyl (C=O) groups is 1. The number of ether oxygens (including phenoxy) is 2. The molecule has 0 amide bonds. The molecule has 0 saturated carbocycles. The maximum atomic E-state index is 12.0. The van der Waals surface area contributed by atoms with E-state index in [1.165, 1.54) is 0 Å². The van der Waals surface area contributed by atoms with E-state index in [0.717, 1.165) is 25.9 Å². The summed E-state index contributed by atoms with van der Waals surface area (Å²) >= 11 is 5.80. The second kappa shape index (κ2) is 7.14. The van der Waals surface area contributed by atoms with E-state index in [0.29, 0.717) is 16.7 Å². The molecule has 21 heavy (non-hydrogen) atoms. The normalized spacial score (nSPS) is 16.5. The number of nitrogens with one attached hydrogen (secondary N) is 1. The molecule has 1 aromatic carbocycles. The first-order chi connectivity index (χ1) is 9.97. The van der Waals surface area contributed by atoms with Gasteiger partial charge in [-0.1, -0.05) is 11.6 Å². The van der Waals surface area contributed by atoms with Crippen LogP contribution in [0.3, 0.4) is 0 Å². The summed E-state index contributed by atoms with van der Waals surface area (Å²) in [5.41, 5.74) is -0.456. The van der Waals surface area contributed by atoms with Crippen molar-refractivity contribution in [3.05, 3.63) is 29.3 Å². The Kier molecular flexibility index (Phi) is 5.48. The van der Waals surface area contributed by atoms with Crippen molar-refractivity contribution in [1.82, 2.24) is 5.32 Å². The Labute approximate surface area is 130 Å². The maximum absolute atomic E-state index is 12.0. The molecule has 1 fully saturated rings. The van der Waals surface area contributed by atoms with Crippen LogP contribution < -0.4 is 10.1 Å². The van der Waals surface area contributed by atoms with Gasteiger partial charge >= 0.3 is 5.97 Å². The second-order valence-corrected chi connectivity index (χ2v) is 6.28. The number of piperidine rings is 1. The number of hydrogen-bond acceptors (Lipinski definition) is 4. The SMILES string of the molecule is CC(C)(OC(=O)COc1ccc(Cl)cc1)C1CCNCC1. The van der Waals surface area contributed by atoms with E-state index in [1.54, 1.807) is 24.3 Å². The van der Waals surface area contributed by atoms with Crippen LogP contribution >= 0.6 is 11.6 Å². The molecule has 116 valence electrons. The molecule has 0 spiro atoms. The zero-order valence-electron chi connectivity index (χ0n) is 12.5. The summed E-state index contributed by atoms with van der Waals surface area (Å²) in [5.74, 6) is 0.655. The summed E-state index contributed by atoms with van der Waals surface area (Å²) in [6.45, 7) is 5.82. The summed E-state index contributed by atoms with van der Waals surface area (Å²) < 4.78 is 11.0. The van der Waals surface area contributed by atoms with Crippen LogP contribution in [0.1, 0.15) is 26.7 Å². The molecule has 1 aromatic rings. The molecule has 0 unspecified atom stereocenters. The highest BCUT2D eigenvalue weighted by Gasteiger charge is 2.34. The third kappa shape index (κ3) is 4.90. The van der Waals surface area contributed by atoms with Crippen molar-refractivity contribution in [1.29, 1.82) is 0 Å². The van der Waals surface area contributed by atoms with Gasteiger partial charge < -0.3 is 14.8 Å². The summed E-state index contributed by atoms with van der Waals surface area (Å²) in [5, 5.41) is 3.95. The fraction of sp³-hybridized carbons (Fsp3) is 0.562. The van der Waals surface area contributed by atoms with E-state index >= 15 is 0 Å². The van der Waals surface area contributed by atoms with Gasteiger partial charge in [-0.2, -0.15) is 0 Å². The van der Waals surface area contributed by atoms with E-state index in [4.69, 9.17) is 21.1 Å². The van der Waals surface area contributed by atoms with Crippen molar-refractivity contribution in [2.75, 3.05) is 19.7 Å². The highest BCUT2D eigenvalue weighted by molar-refractivity contribution is 6.30. The predicted molar refractivity (Wildman–Crippen MR) is 82.7 cm³/mol. The van der Waals surface area contributed by atoms with Gasteiger partial charge in [0.1, 0.15) is 11.4 Å². The van der Waals surface area contributed by atoms with Crippen LogP contribution in [0.4, 0.5) is 0 Å². The van der Waals surface area contributed by atoms with E-state index < -0.39 is 5.60 Å². The average molecular weight is 312 g/mol. The van der Waals surface area contributed by atoms with Gasteiger partial charge in [-0.05, 0) is 64.0 Å². The molecule has 0 aromatic heterocycles. The van der Waals surface area contributed by atoms with Crippen molar-refractivity contribution in [3.8, 4) is 5.75 Å². The minimum atomic E-state index is -0.456. The Morgan fingerprint density at radius 3 is 2.52 bits per heavy atom. The molecular weight excluding hydrogens is 290 g/mol. The van der Waals surface area contributed by atoms with Crippen LogP contribution in [0.25, 0.3) is 0 Å². The molecule has 0 radical (unpaired) electrons. The van der Waals surface area contributed by atoms with E-state index in [2.05, 4.69) is 5.32 Å². The van der Waals surface area contributed by atoms with Gasteiger partial charge in [0.2, 0.25) is 0 Å². The lowest BCUT2D eigenvalue weighted by atomic mass is 9.83. The quantitative estimate of drug-likeness (QED) is 0.849. The van der Waals surface area contributed by atoms with Crippen LogP contribution in [0.2, 0.25) is 5.02 Å². The molecule has 1 N–H and O–H groups in total. The minimum absolute atomic E-state index is 0.0873. The molecule has 1 aliphatic rings. The first-order valence-electron chi connectivity index (χ1n) is 7.28. The standard InChI is InChI=1S/C16H22ClNO3/c1-16(2,12-7-9-18-10-8-12)21-15(19)11-20-14-5-3-13(17)4-6-14/h3-6,12,18H,7-11H2,1-2H3. The van der Waals surface area contributed by atoms with Crippen LogP contribution in [0, 0.1) is 5.92 Å². The lowest BCUT2D eigenvalue weighted by molar-refractivity contribution is -0.165. The number of carbonyl (C=O) groups excluding carboxylic acids is 1. The zero-order chi connectivity index (χ0) is 15.3. The Balaban J connectivity index is 1.81. The molecule has 1 heterocycles. The zero-order valence-corrected chi connectivity index (χ0v) is 13.3. The first kappa shape index (κ1) is 16.1. The Hall–Kier alpha value is -1.26. The lowest BCUT2D eigenvalue weighted by Crippen LogP contribution is -2.43. The van der Waals surface area contributed by atoms with Crippen molar-refractivity contribution < 1.29 is 14.3 Å². The average Bonchev–Trinajstić information content (AvgIpc) is 2.47. The molecule has 0 aliphatic carbocycles. The van der Waals surface area contributed by atoms with Crippen molar-refractivity contribution in [3.63, 3.8) is 0 Å². The maximum Gasteiger partial charge on any atom is 0.344 e. The Bertz CT molecular complexity index is 467. The highest BCUT2D eigenvalue weighted by atomic mass is 35.5. The molecule has 0 atom stereocenters. The molecule has 4 nitrogen and oxygen atoms in total. The largest absolute Gasteiger partial charge is 0.482 e. The molecule has 0 bridgehead atoms. The smallest absolute Gasteiger partial charge is 0.344 e. The van der Waals surface area contributed by atoms with Gasteiger partial charge in [0, 0.05) is 10.9 Å². The van der Waals surface area contributed by atoms with Gasteiger partial charge in [-0.15, -0.1) is 0 Å². The fourth-order valence-corrected chi connectivity index (χ4v) is 2.72. The molecule has 1 aliphatic heterocycles.